The lowest BCUT2D eigenvalue weighted by Crippen LogP contribution is -2.25. The molecule has 0 saturated heterocycles. The van der Waals surface area contributed by atoms with Gasteiger partial charge in [-0.15, -0.1) is 0 Å². The fourth-order valence-corrected chi connectivity index (χ4v) is 0.708. The molecule has 1 aromatic heterocycles. The molecule has 0 aromatic carbocycles. The first kappa shape index (κ1) is 7.18. The number of pyridine rings is 1. The van der Waals surface area contributed by atoms with Crippen LogP contribution in [0.4, 0.5) is 0 Å². The van der Waals surface area contributed by atoms with E-state index in [1.165, 1.54) is 0 Å². The van der Waals surface area contributed by atoms with Gasteiger partial charge in [-0.05, 0) is 19.2 Å². The second-order valence-electron chi connectivity index (χ2n) is 2.02. The molecule has 0 fully saturated rings. The first-order valence-electron chi connectivity index (χ1n) is 3.18. The van der Waals surface area contributed by atoms with Crippen LogP contribution in [0.5, 0.6) is 0 Å². The Balaban J connectivity index is 2.75. The fraction of sp³-hybridized carbons (Fsp3) is 0.286. The molecule has 1 unspecified atom stereocenters. The van der Waals surface area contributed by atoms with Gasteiger partial charge in [-0.25, -0.2) is 0 Å². The maximum atomic E-state index is 5.62. The Hall–Kier alpha value is -0.930. The Labute approximate surface area is 60.3 Å². The molecular formula is C7H11N3. The number of nitrogens with one attached hydrogen (secondary N) is 1. The van der Waals surface area contributed by atoms with Gasteiger partial charge in [0.05, 0.1) is 11.9 Å². The largest absolute Gasteiger partial charge is 0.311 e. The highest BCUT2D eigenvalue weighted by molar-refractivity contribution is 5.06. The van der Waals surface area contributed by atoms with Crippen molar-refractivity contribution in [3.63, 3.8) is 0 Å². The van der Waals surface area contributed by atoms with Crippen LogP contribution in [-0.4, -0.2) is 12.0 Å². The molecule has 3 nitrogen and oxygen atoms in total. The van der Waals surface area contributed by atoms with Gasteiger partial charge in [-0.3, -0.25) is 4.98 Å². The first-order valence-corrected chi connectivity index (χ1v) is 3.18. The van der Waals surface area contributed by atoms with Crippen molar-refractivity contribution in [1.82, 2.24) is 10.3 Å². The maximum absolute atomic E-state index is 5.62. The highest BCUT2D eigenvalue weighted by Gasteiger charge is 2.00. The molecule has 54 valence electrons. The van der Waals surface area contributed by atoms with E-state index in [4.69, 9.17) is 5.73 Å². The average molecular weight is 137 g/mol. The van der Waals surface area contributed by atoms with Crippen molar-refractivity contribution in [2.75, 3.05) is 7.05 Å². The lowest BCUT2D eigenvalue weighted by molar-refractivity contribution is 0.604. The molecule has 0 radical (unpaired) electrons. The molecule has 0 bridgehead atoms. The predicted octanol–water partition coefficient (Wildman–Crippen LogP) is 0.258. The van der Waals surface area contributed by atoms with Gasteiger partial charge in [-0.2, -0.15) is 0 Å². The van der Waals surface area contributed by atoms with Gasteiger partial charge >= 0.3 is 0 Å². The second-order valence-corrected chi connectivity index (χ2v) is 2.02. The van der Waals surface area contributed by atoms with Crippen molar-refractivity contribution >= 4 is 0 Å². The van der Waals surface area contributed by atoms with Crippen LogP contribution in [0.2, 0.25) is 0 Å². The summed E-state index contributed by atoms with van der Waals surface area (Å²) in [4.78, 5) is 4.06. The molecule has 0 aliphatic rings. The number of nitrogens with two attached hydrogens (primary N) is 1. The summed E-state index contributed by atoms with van der Waals surface area (Å²) in [5.74, 6) is 0. The van der Waals surface area contributed by atoms with Crippen LogP contribution in [-0.2, 0) is 0 Å². The van der Waals surface area contributed by atoms with E-state index in [9.17, 15) is 0 Å². The summed E-state index contributed by atoms with van der Waals surface area (Å²) in [6, 6.07) is 5.67. The van der Waals surface area contributed by atoms with E-state index >= 15 is 0 Å². The molecule has 1 atom stereocenters. The van der Waals surface area contributed by atoms with Crippen molar-refractivity contribution in [1.29, 1.82) is 0 Å². The number of nitrogens with zero attached hydrogens (tertiary/aromatic N) is 1. The Morgan fingerprint density at radius 1 is 1.60 bits per heavy atom. The van der Waals surface area contributed by atoms with Gasteiger partial charge in [0.25, 0.3) is 0 Å². The number of hydrogen-bond acceptors (Lipinski definition) is 3. The standard InChI is InChI=1S/C7H11N3/c1-9-7(8)6-4-2-3-5-10-6/h2-5,7,9H,8H2,1H3. The summed E-state index contributed by atoms with van der Waals surface area (Å²) in [5.41, 5.74) is 6.49. The summed E-state index contributed by atoms with van der Waals surface area (Å²) in [6.07, 6.45) is 1.58. The minimum atomic E-state index is -0.152. The minimum Gasteiger partial charge on any atom is -0.311 e. The van der Waals surface area contributed by atoms with Crippen LogP contribution in [0.1, 0.15) is 11.9 Å². The smallest absolute Gasteiger partial charge is 0.0982 e. The van der Waals surface area contributed by atoms with E-state index < -0.39 is 0 Å². The third kappa shape index (κ3) is 1.52. The SMILES string of the molecule is CNC(N)c1ccccn1. The van der Waals surface area contributed by atoms with Crippen molar-refractivity contribution < 1.29 is 0 Å². The van der Waals surface area contributed by atoms with Gasteiger partial charge in [0, 0.05) is 6.20 Å². The van der Waals surface area contributed by atoms with Gasteiger partial charge in [0.1, 0.15) is 0 Å². The van der Waals surface area contributed by atoms with Gasteiger partial charge in [0.15, 0.2) is 0 Å². The Morgan fingerprint density at radius 2 is 2.40 bits per heavy atom. The van der Waals surface area contributed by atoms with Crippen molar-refractivity contribution in [3.8, 4) is 0 Å². The molecule has 3 heteroatoms. The van der Waals surface area contributed by atoms with Crippen LogP contribution < -0.4 is 11.1 Å². The van der Waals surface area contributed by atoms with E-state index in [0.717, 1.165) is 5.69 Å². The zero-order valence-corrected chi connectivity index (χ0v) is 5.91. The van der Waals surface area contributed by atoms with Gasteiger partial charge in [0.2, 0.25) is 0 Å². The first-order chi connectivity index (χ1) is 4.84. The molecule has 0 saturated carbocycles. The van der Waals surface area contributed by atoms with Gasteiger partial charge in [-0.1, -0.05) is 6.07 Å². The van der Waals surface area contributed by atoms with E-state index in [1.54, 1.807) is 13.2 Å². The molecule has 0 aliphatic carbocycles. The van der Waals surface area contributed by atoms with E-state index in [-0.39, 0.29) is 6.17 Å². The monoisotopic (exact) mass is 137 g/mol. The van der Waals surface area contributed by atoms with Crippen LogP contribution in [0.15, 0.2) is 24.4 Å². The number of hydrogen-bond donors (Lipinski definition) is 2. The van der Waals surface area contributed by atoms with Crippen molar-refractivity contribution in [2.45, 2.75) is 6.17 Å². The zero-order valence-electron chi connectivity index (χ0n) is 5.91. The normalized spacial score (nSPS) is 13.0. The highest BCUT2D eigenvalue weighted by Crippen LogP contribution is 1.99. The minimum absolute atomic E-state index is 0.152. The molecule has 1 aromatic rings. The van der Waals surface area contributed by atoms with E-state index in [2.05, 4.69) is 10.3 Å². The molecule has 1 heterocycles. The predicted molar refractivity (Wildman–Crippen MR) is 40.2 cm³/mol. The lowest BCUT2D eigenvalue weighted by Gasteiger charge is -2.07. The van der Waals surface area contributed by atoms with Crippen LogP contribution in [0.25, 0.3) is 0 Å². The van der Waals surface area contributed by atoms with Crippen LogP contribution in [0, 0.1) is 0 Å². The third-order valence-corrected chi connectivity index (χ3v) is 1.32. The molecule has 3 N–H and O–H groups in total. The summed E-state index contributed by atoms with van der Waals surface area (Å²) in [7, 11) is 1.80. The zero-order chi connectivity index (χ0) is 7.40. The van der Waals surface area contributed by atoms with Crippen molar-refractivity contribution in [2.24, 2.45) is 5.73 Å². The summed E-state index contributed by atoms with van der Waals surface area (Å²) < 4.78 is 0. The topological polar surface area (TPSA) is 50.9 Å². The molecule has 1 rings (SSSR count). The number of aromatic nitrogens is 1. The quantitative estimate of drug-likeness (QED) is 0.575. The summed E-state index contributed by atoms with van der Waals surface area (Å²) in [6.45, 7) is 0. The van der Waals surface area contributed by atoms with Gasteiger partial charge < -0.3 is 11.1 Å². The average Bonchev–Trinajstić information content (AvgIpc) is 2.05. The Bertz CT molecular complexity index is 185. The second kappa shape index (κ2) is 3.29. The van der Waals surface area contributed by atoms with Crippen LogP contribution >= 0.6 is 0 Å². The Kier molecular flexibility index (Phi) is 2.36. The van der Waals surface area contributed by atoms with Crippen molar-refractivity contribution in [3.05, 3.63) is 30.1 Å². The highest BCUT2D eigenvalue weighted by atomic mass is 15.0. The molecule has 0 aliphatic heterocycles. The molecular weight excluding hydrogens is 126 g/mol. The Morgan fingerprint density at radius 3 is 2.90 bits per heavy atom. The number of rotatable bonds is 2. The summed E-state index contributed by atoms with van der Waals surface area (Å²) in [5, 5.41) is 2.90. The molecule has 10 heavy (non-hydrogen) atoms. The maximum Gasteiger partial charge on any atom is 0.0982 e. The lowest BCUT2D eigenvalue weighted by atomic mass is 10.3. The van der Waals surface area contributed by atoms with Crippen LogP contribution in [0.3, 0.4) is 0 Å². The molecule has 0 amide bonds. The fourth-order valence-electron chi connectivity index (χ4n) is 0.708. The van der Waals surface area contributed by atoms with E-state index in [1.807, 2.05) is 18.2 Å². The third-order valence-electron chi connectivity index (χ3n) is 1.32. The molecule has 0 spiro atoms. The summed E-state index contributed by atoms with van der Waals surface area (Å²) >= 11 is 0. The van der Waals surface area contributed by atoms with E-state index in [0.29, 0.717) is 0 Å².